The molecule has 5 heteroatoms. The Morgan fingerprint density at radius 1 is 1.40 bits per heavy atom. The number of nitrogens with two attached hydrogens (primary N) is 1. The average Bonchev–Trinajstić information content (AvgIpc) is 2.16. The molecular formula is C10H12N2O3. The molecule has 0 bridgehead atoms. The van der Waals surface area contributed by atoms with Crippen molar-refractivity contribution in [1.82, 2.24) is 0 Å². The molecule has 1 aromatic carbocycles. The monoisotopic (exact) mass is 208 g/mol. The first-order valence-electron chi connectivity index (χ1n) is 4.30. The maximum Gasteiger partial charge on any atom is 0.248 e. The zero-order chi connectivity index (χ0) is 11.4. The number of methoxy groups -OCH3 is 1. The van der Waals surface area contributed by atoms with Crippen molar-refractivity contribution in [2.75, 3.05) is 12.4 Å². The lowest BCUT2D eigenvalue weighted by atomic mass is 10.1. The fourth-order valence-electron chi connectivity index (χ4n) is 1.15. The van der Waals surface area contributed by atoms with Crippen molar-refractivity contribution in [3.8, 4) is 5.75 Å². The summed E-state index contributed by atoms with van der Waals surface area (Å²) in [5.74, 6) is -0.311. The summed E-state index contributed by atoms with van der Waals surface area (Å²) < 4.78 is 5.01. The molecule has 80 valence electrons. The summed E-state index contributed by atoms with van der Waals surface area (Å²) in [5.41, 5.74) is 5.86. The van der Waals surface area contributed by atoms with Crippen LogP contribution in [0.4, 0.5) is 5.69 Å². The largest absolute Gasteiger partial charge is 0.495 e. The Morgan fingerprint density at radius 3 is 2.53 bits per heavy atom. The van der Waals surface area contributed by atoms with Crippen LogP contribution in [0.2, 0.25) is 0 Å². The zero-order valence-corrected chi connectivity index (χ0v) is 8.53. The minimum Gasteiger partial charge on any atom is -0.495 e. The molecule has 5 nitrogen and oxygen atoms in total. The Morgan fingerprint density at radius 2 is 2.07 bits per heavy atom. The Bertz CT molecular complexity index is 402. The number of carbonyl (C=O) groups is 2. The molecule has 0 unspecified atom stereocenters. The van der Waals surface area contributed by atoms with E-state index in [1.165, 1.54) is 26.2 Å². The predicted octanol–water partition coefficient (Wildman–Crippen LogP) is 0.753. The molecule has 0 saturated carbocycles. The third-order valence-electron chi connectivity index (χ3n) is 1.79. The van der Waals surface area contributed by atoms with Gasteiger partial charge in [0, 0.05) is 12.5 Å². The minimum atomic E-state index is -0.552. The van der Waals surface area contributed by atoms with Gasteiger partial charge in [-0.05, 0) is 18.2 Å². The van der Waals surface area contributed by atoms with Crippen LogP contribution in [0.5, 0.6) is 5.75 Å². The summed E-state index contributed by atoms with van der Waals surface area (Å²) in [5, 5.41) is 2.55. The molecule has 1 rings (SSSR count). The highest BCUT2D eigenvalue weighted by Gasteiger charge is 2.08. The lowest BCUT2D eigenvalue weighted by Crippen LogP contribution is -2.13. The van der Waals surface area contributed by atoms with E-state index in [1.54, 1.807) is 6.07 Å². The third-order valence-corrected chi connectivity index (χ3v) is 1.79. The van der Waals surface area contributed by atoms with E-state index in [-0.39, 0.29) is 5.91 Å². The maximum atomic E-state index is 10.9. The minimum absolute atomic E-state index is 0.241. The van der Waals surface area contributed by atoms with Gasteiger partial charge in [-0.3, -0.25) is 9.59 Å². The van der Waals surface area contributed by atoms with Crippen LogP contribution in [-0.4, -0.2) is 18.9 Å². The second-order valence-electron chi connectivity index (χ2n) is 2.96. The van der Waals surface area contributed by atoms with Crippen LogP contribution in [-0.2, 0) is 4.79 Å². The first-order valence-corrected chi connectivity index (χ1v) is 4.30. The number of hydrogen-bond donors (Lipinski definition) is 2. The van der Waals surface area contributed by atoms with Crippen LogP contribution in [0.25, 0.3) is 0 Å². The number of ether oxygens (including phenoxy) is 1. The normalized spacial score (nSPS) is 9.47. The van der Waals surface area contributed by atoms with Crippen molar-refractivity contribution in [3.63, 3.8) is 0 Å². The summed E-state index contributed by atoms with van der Waals surface area (Å²) in [6.07, 6.45) is 0. The third kappa shape index (κ3) is 2.70. The molecule has 0 aliphatic heterocycles. The summed E-state index contributed by atoms with van der Waals surface area (Å²) in [6.45, 7) is 1.37. The Hall–Kier alpha value is -2.04. The van der Waals surface area contributed by atoms with E-state index in [0.29, 0.717) is 17.0 Å². The lowest BCUT2D eigenvalue weighted by molar-refractivity contribution is -0.114. The fourth-order valence-corrected chi connectivity index (χ4v) is 1.15. The van der Waals surface area contributed by atoms with Gasteiger partial charge in [-0.25, -0.2) is 0 Å². The Labute approximate surface area is 87.2 Å². The maximum absolute atomic E-state index is 10.9. The smallest absolute Gasteiger partial charge is 0.248 e. The summed E-state index contributed by atoms with van der Waals surface area (Å²) in [7, 11) is 1.48. The van der Waals surface area contributed by atoms with Crippen molar-refractivity contribution in [3.05, 3.63) is 23.8 Å². The van der Waals surface area contributed by atoms with E-state index in [9.17, 15) is 9.59 Å². The first kappa shape index (κ1) is 11.0. The standard InChI is InChI=1S/C10H12N2O3/c1-6(13)12-8-5-7(10(11)14)3-4-9(8)15-2/h3-5H,1-2H3,(H2,11,14)(H,12,13). The molecule has 0 aliphatic carbocycles. The first-order chi connectivity index (χ1) is 7.04. The van der Waals surface area contributed by atoms with Crippen molar-refractivity contribution in [1.29, 1.82) is 0 Å². The number of primary amides is 1. The number of amides is 2. The average molecular weight is 208 g/mol. The molecule has 0 radical (unpaired) electrons. The molecule has 0 saturated heterocycles. The molecule has 0 aliphatic rings. The van der Waals surface area contributed by atoms with Crippen molar-refractivity contribution < 1.29 is 14.3 Å². The Balaban J connectivity index is 3.12. The second kappa shape index (κ2) is 4.45. The van der Waals surface area contributed by atoms with Gasteiger partial charge < -0.3 is 15.8 Å². The van der Waals surface area contributed by atoms with Crippen LogP contribution in [0.15, 0.2) is 18.2 Å². The topological polar surface area (TPSA) is 81.4 Å². The van der Waals surface area contributed by atoms with Gasteiger partial charge in [0.1, 0.15) is 5.75 Å². The van der Waals surface area contributed by atoms with Crippen molar-refractivity contribution >= 4 is 17.5 Å². The summed E-state index contributed by atoms with van der Waals surface area (Å²) >= 11 is 0. The SMILES string of the molecule is COc1ccc(C(N)=O)cc1NC(C)=O. The van der Waals surface area contributed by atoms with Crippen molar-refractivity contribution in [2.24, 2.45) is 5.73 Å². The molecule has 0 atom stereocenters. The van der Waals surface area contributed by atoms with E-state index in [4.69, 9.17) is 10.5 Å². The van der Waals surface area contributed by atoms with Crippen LogP contribution in [0, 0.1) is 0 Å². The number of carbonyl (C=O) groups excluding carboxylic acids is 2. The highest BCUT2D eigenvalue weighted by molar-refractivity contribution is 5.97. The zero-order valence-electron chi connectivity index (χ0n) is 8.53. The van der Waals surface area contributed by atoms with E-state index in [2.05, 4.69) is 5.32 Å². The molecule has 0 heterocycles. The van der Waals surface area contributed by atoms with E-state index >= 15 is 0 Å². The van der Waals surface area contributed by atoms with Gasteiger partial charge in [-0.1, -0.05) is 0 Å². The molecule has 3 N–H and O–H groups in total. The molecule has 0 fully saturated rings. The summed E-state index contributed by atoms with van der Waals surface area (Å²) in [6, 6.07) is 4.58. The van der Waals surface area contributed by atoms with Crippen LogP contribution >= 0.6 is 0 Å². The quantitative estimate of drug-likeness (QED) is 0.769. The predicted molar refractivity (Wildman–Crippen MR) is 55.8 cm³/mol. The van der Waals surface area contributed by atoms with Crippen LogP contribution < -0.4 is 15.8 Å². The number of benzene rings is 1. The summed E-state index contributed by atoms with van der Waals surface area (Å²) in [4.78, 5) is 21.8. The van der Waals surface area contributed by atoms with Crippen LogP contribution in [0.1, 0.15) is 17.3 Å². The Kier molecular flexibility index (Phi) is 3.28. The lowest BCUT2D eigenvalue weighted by Gasteiger charge is -2.09. The molecular weight excluding hydrogens is 196 g/mol. The number of nitrogens with one attached hydrogen (secondary N) is 1. The number of anilines is 1. The van der Waals surface area contributed by atoms with Crippen LogP contribution in [0.3, 0.4) is 0 Å². The second-order valence-corrected chi connectivity index (χ2v) is 2.96. The van der Waals surface area contributed by atoms with E-state index in [0.717, 1.165) is 0 Å². The fraction of sp³-hybridized carbons (Fsp3) is 0.200. The molecule has 1 aromatic rings. The highest BCUT2D eigenvalue weighted by atomic mass is 16.5. The number of rotatable bonds is 3. The van der Waals surface area contributed by atoms with E-state index in [1.807, 2.05) is 0 Å². The van der Waals surface area contributed by atoms with Gasteiger partial charge in [0.15, 0.2) is 0 Å². The van der Waals surface area contributed by atoms with Gasteiger partial charge in [0.2, 0.25) is 11.8 Å². The number of hydrogen-bond acceptors (Lipinski definition) is 3. The molecule has 15 heavy (non-hydrogen) atoms. The molecule has 2 amide bonds. The van der Waals surface area contributed by atoms with Crippen molar-refractivity contribution in [2.45, 2.75) is 6.92 Å². The molecule has 0 aromatic heterocycles. The molecule has 0 spiro atoms. The van der Waals surface area contributed by atoms with Gasteiger partial charge in [0.25, 0.3) is 0 Å². The van der Waals surface area contributed by atoms with Gasteiger partial charge in [0.05, 0.1) is 12.8 Å². The van der Waals surface area contributed by atoms with Gasteiger partial charge in [-0.2, -0.15) is 0 Å². The van der Waals surface area contributed by atoms with E-state index < -0.39 is 5.91 Å². The highest BCUT2D eigenvalue weighted by Crippen LogP contribution is 2.25. The van der Waals surface area contributed by atoms with Gasteiger partial charge in [-0.15, -0.1) is 0 Å². The van der Waals surface area contributed by atoms with Gasteiger partial charge >= 0.3 is 0 Å².